The maximum Gasteiger partial charge on any atom is 0.168 e. The molecule has 1 heterocycles. The minimum atomic E-state index is -0.0692. The molecule has 0 amide bonds. The Morgan fingerprint density at radius 1 is 1.12 bits per heavy atom. The molecule has 2 aliphatic carbocycles. The topological polar surface area (TPSA) is 75.0 Å². The van der Waals surface area contributed by atoms with E-state index in [4.69, 9.17) is 26.6 Å². The predicted molar refractivity (Wildman–Crippen MR) is 160 cm³/mol. The smallest absolute Gasteiger partial charge is 0.168 e. The Bertz CT molecular complexity index is 1330. The van der Waals surface area contributed by atoms with Crippen LogP contribution >= 0.6 is 11.6 Å². The summed E-state index contributed by atoms with van der Waals surface area (Å²) in [4.78, 5) is 18.1. The molecule has 0 radical (unpaired) electrons. The molecule has 2 aromatic rings. The van der Waals surface area contributed by atoms with Crippen molar-refractivity contribution >= 4 is 17.4 Å². The van der Waals surface area contributed by atoms with E-state index in [0.717, 1.165) is 55.6 Å². The number of nitrogens with zero attached hydrogens (tertiary/aromatic N) is 2. The summed E-state index contributed by atoms with van der Waals surface area (Å²) in [6.07, 6.45) is 5.64. The number of carbonyl (C=O) groups is 1. The van der Waals surface area contributed by atoms with Gasteiger partial charge in [-0.3, -0.25) is 4.79 Å². The Morgan fingerprint density at radius 3 is 2.52 bits per heavy atom. The number of rotatable bonds is 10. The molecule has 0 saturated heterocycles. The van der Waals surface area contributed by atoms with E-state index < -0.39 is 0 Å². The zero-order chi connectivity index (χ0) is 29.1. The number of pyridine rings is 1. The number of halogens is 1. The van der Waals surface area contributed by atoms with Gasteiger partial charge in [0.15, 0.2) is 5.78 Å². The Morgan fingerprint density at radius 2 is 1.88 bits per heavy atom. The zero-order valence-corrected chi connectivity index (χ0v) is 25.5. The quantitative estimate of drug-likeness (QED) is 0.307. The number of fused-ring (bicyclic) bond motifs is 1. The molecule has 1 fully saturated rings. The van der Waals surface area contributed by atoms with Crippen molar-refractivity contribution < 1.29 is 9.53 Å². The molecule has 2 aliphatic rings. The lowest BCUT2D eigenvalue weighted by atomic mass is 9.44. The normalized spacial score (nSPS) is 22.9. The Kier molecular flexibility index (Phi) is 9.29. The van der Waals surface area contributed by atoms with Gasteiger partial charge in [0.2, 0.25) is 0 Å². The molecule has 1 aromatic carbocycles. The number of Topliss-reactive ketones (excluding diaryl/α,β-unsaturated/α-hetero) is 1. The van der Waals surface area contributed by atoms with Crippen molar-refractivity contribution in [1.29, 1.82) is 5.26 Å². The molecule has 1 saturated carbocycles. The minimum absolute atomic E-state index is 0.00312. The molecule has 6 heteroatoms. The second-order valence-electron chi connectivity index (χ2n) is 12.5. The second kappa shape index (κ2) is 12.3. The van der Waals surface area contributed by atoms with Crippen LogP contribution in [0.4, 0.5) is 0 Å². The maximum atomic E-state index is 13.3. The van der Waals surface area contributed by atoms with Crippen LogP contribution in [0.2, 0.25) is 5.02 Å². The van der Waals surface area contributed by atoms with Crippen LogP contribution in [0.25, 0.3) is 0 Å². The van der Waals surface area contributed by atoms with Gasteiger partial charge in [-0.15, -0.1) is 0 Å². The summed E-state index contributed by atoms with van der Waals surface area (Å²) < 4.78 is 6.44. The van der Waals surface area contributed by atoms with Crippen molar-refractivity contribution in [2.45, 2.75) is 92.2 Å². The van der Waals surface area contributed by atoms with E-state index in [2.05, 4.69) is 64.8 Å². The van der Waals surface area contributed by atoms with Gasteiger partial charge in [-0.05, 0) is 68.3 Å². The lowest BCUT2D eigenvalue weighted by Crippen LogP contribution is -2.65. The molecule has 0 aliphatic heterocycles. The number of hydrogen-bond acceptors (Lipinski definition) is 5. The first-order valence-electron chi connectivity index (χ1n) is 14.7. The summed E-state index contributed by atoms with van der Waals surface area (Å²) in [5.74, 6) is 7.86. The van der Waals surface area contributed by atoms with Crippen molar-refractivity contribution in [3.8, 4) is 23.7 Å². The van der Waals surface area contributed by atoms with Crippen LogP contribution in [-0.2, 0) is 6.42 Å². The molecule has 5 nitrogen and oxygen atoms in total. The SMILES string of the molecule is CCCNC(C#Cc1ccc2c(n1)CC(CC[C@H]1C(C)(C)[C@H](Oc3ccc(C#N)c(Cl)c3)C1(C)C)C2=O)CCC. The van der Waals surface area contributed by atoms with Crippen molar-refractivity contribution in [2.75, 3.05) is 6.54 Å². The Labute approximate surface area is 245 Å². The summed E-state index contributed by atoms with van der Waals surface area (Å²) in [5.41, 5.74) is 2.70. The molecule has 212 valence electrons. The first-order valence-corrected chi connectivity index (χ1v) is 15.1. The van der Waals surface area contributed by atoms with Crippen LogP contribution < -0.4 is 10.1 Å². The molecule has 2 atom stereocenters. The van der Waals surface area contributed by atoms with Gasteiger partial charge in [0.25, 0.3) is 0 Å². The third-order valence-corrected chi connectivity index (χ3v) is 9.22. The average Bonchev–Trinajstić information content (AvgIpc) is 3.23. The summed E-state index contributed by atoms with van der Waals surface area (Å²) in [6, 6.07) is 11.3. The van der Waals surface area contributed by atoms with Crippen molar-refractivity contribution in [3.05, 3.63) is 57.9 Å². The number of nitrogens with one attached hydrogen (secondary N) is 1. The van der Waals surface area contributed by atoms with E-state index in [1.165, 1.54) is 0 Å². The standard InChI is InChI=1S/C34H42ClN3O2/c1-7-9-24(37-18-8-2)12-13-25-14-16-27-29(38-25)19-22(31(27)39)11-17-30-33(3,4)32(34(30,5)6)40-26-15-10-23(21-36)28(35)20-26/h10,14-16,20,22,24,30,32,37H,7-9,11,17-19H2,1-6H3/t22?,24?,30-,32-. The molecule has 0 spiro atoms. The number of hydrogen-bond donors (Lipinski definition) is 1. The van der Waals surface area contributed by atoms with E-state index in [1.54, 1.807) is 12.1 Å². The van der Waals surface area contributed by atoms with Gasteiger partial charge in [-0.25, -0.2) is 4.98 Å². The predicted octanol–water partition coefficient (Wildman–Crippen LogP) is 7.39. The fourth-order valence-electron chi connectivity index (χ4n) is 7.12. The van der Waals surface area contributed by atoms with Gasteiger partial charge >= 0.3 is 0 Å². The summed E-state index contributed by atoms with van der Waals surface area (Å²) in [7, 11) is 0. The fourth-order valence-corrected chi connectivity index (χ4v) is 7.33. The van der Waals surface area contributed by atoms with E-state index in [1.807, 2.05) is 18.2 Å². The van der Waals surface area contributed by atoms with E-state index in [0.29, 0.717) is 28.7 Å². The van der Waals surface area contributed by atoms with Crippen LogP contribution in [0.3, 0.4) is 0 Å². The number of nitriles is 1. The maximum absolute atomic E-state index is 13.3. The van der Waals surface area contributed by atoms with Crippen LogP contribution in [0.1, 0.15) is 101 Å². The van der Waals surface area contributed by atoms with Crippen LogP contribution in [0.5, 0.6) is 5.75 Å². The first kappa shape index (κ1) is 30.1. The molecule has 1 aromatic heterocycles. The highest BCUT2D eigenvalue weighted by Gasteiger charge is 2.62. The summed E-state index contributed by atoms with van der Waals surface area (Å²) >= 11 is 6.24. The molecule has 1 N–H and O–H groups in total. The Balaban J connectivity index is 1.39. The molecule has 40 heavy (non-hydrogen) atoms. The summed E-state index contributed by atoms with van der Waals surface area (Å²) in [6.45, 7) is 14.3. The van der Waals surface area contributed by atoms with Gasteiger partial charge in [-0.2, -0.15) is 5.26 Å². The monoisotopic (exact) mass is 559 g/mol. The number of aromatic nitrogens is 1. The number of carbonyl (C=O) groups excluding carboxylic acids is 1. The lowest BCUT2D eigenvalue weighted by molar-refractivity contribution is -0.201. The van der Waals surface area contributed by atoms with E-state index in [9.17, 15) is 4.79 Å². The van der Waals surface area contributed by atoms with Gasteiger partial charge in [0.1, 0.15) is 23.6 Å². The summed E-state index contributed by atoms with van der Waals surface area (Å²) in [5, 5.41) is 13.1. The number of ketones is 1. The third kappa shape index (κ3) is 6.07. The largest absolute Gasteiger partial charge is 0.489 e. The van der Waals surface area contributed by atoms with Crippen LogP contribution in [0, 0.1) is 45.8 Å². The van der Waals surface area contributed by atoms with E-state index >= 15 is 0 Å². The minimum Gasteiger partial charge on any atom is -0.489 e. The number of ether oxygens (including phenoxy) is 1. The van der Waals surface area contributed by atoms with Gasteiger partial charge in [0.05, 0.1) is 22.3 Å². The van der Waals surface area contributed by atoms with Gasteiger partial charge in [-0.1, -0.05) is 65.5 Å². The second-order valence-corrected chi connectivity index (χ2v) is 13.0. The average molecular weight is 560 g/mol. The molecule has 0 bridgehead atoms. The van der Waals surface area contributed by atoms with Crippen molar-refractivity contribution in [2.24, 2.45) is 22.7 Å². The van der Waals surface area contributed by atoms with Gasteiger partial charge in [0, 0.05) is 34.8 Å². The number of benzene rings is 1. The van der Waals surface area contributed by atoms with Gasteiger partial charge < -0.3 is 10.1 Å². The molecule has 4 rings (SSSR count). The first-order chi connectivity index (χ1) is 19.0. The molecular weight excluding hydrogens is 518 g/mol. The van der Waals surface area contributed by atoms with Crippen molar-refractivity contribution in [3.63, 3.8) is 0 Å². The van der Waals surface area contributed by atoms with Crippen molar-refractivity contribution in [1.82, 2.24) is 10.3 Å². The zero-order valence-electron chi connectivity index (χ0n) is 24.7. The fraction of sp³-hybridized carbons (Fsp3) is 0.559. The molecular formula is C34H42ClN3O2. The third-order valence-electron chi connectivity index (χ3n) is 8.91. The van der Waals surface area contributed by atoms with Crippen LogP contribution in [-0.4, -0.2) is 29.5 Å². The lowest BCUT2D eigenvalue weighted by Gasteiger charge is -2.63. The highest BCUT2D eigenvalue weighted by molar-refractivity contribution is 6.31. The molecule has 2 unspecified atom stereocenters. The van der Waals surface area contributed by atoms with Crippen LogP contribution in [0.15, 0.2) is 30.3 Å². The highest BCUT2D eigenvalue weighted by Crippen LogP contribution is 2.62. The highest BCUT2D eigenvalue weighted by atomic mass is 35.5. The van der Waals surface area contributed by atoms with E-state index in [-0.39, 0.29) is 34.7 Å². The Hall–Kier alpha value is -2.86.